The Morgan fingerprint density at radius 1 is 0.974 bits per heavy atom. The van der Waals surface area contributed by atoms with Crippen molar-refractivity contribution in [1.82, 2.24) is 5.32 Å². The molecule has 1 aliphatic carbocycles. The van der Waals surface area contributed by atoms with Gasteiger partial charge in [-0.2, -0.15) is 0 Å². The zero-order valence-electron chi connectivity index (χ0n) is 24.1. The van der Waals surface area contributed by atoms with Crippen molar-refractivity contribution < 1.29 is 19.1 Å². The van der Waals surface area contributed by atoms with Gasteiger partial charge in [0.2, 0.25) is 14.9 Å². The smallest absolute Gasteiger partial charge is 0.309 e. The number of aliphatic carboxylic acids is 1. The fraction of sp³-hybridized carbons (Fsp3) is 0.562. The Morgan fingerprint density at radius 2 is 1.47 bits per heavy atom. The summed E-state index contributed by atoms with van der Waals surface area (Å²) in [7, 11) is -2.06. The fourth-order valence-electron chi connectivity index (χ4n) is 6.28. The van der Waals surface area contributed by atoms with Gasteiger partial charge in [-0.1, -0.05) is 101 Å². The number of carbonyl (C=O) groups is 2. The Labute approximate surface area is 231 Å². The standard InChI is InChI=1S/C32H47NO4Si/c1-23(24(2)33-25(3)34)28(19-22-32(30(35)36)20-13-14-21-32)29(31(4,5)6)37-38(26-15-9-7-10-16-26)27-17-11-8-12-18-27/h7-12,15-18,23-24,28-29,38H,13-14,19-22H2,1-6H3,(H,33,34)(H,35,36). The van der Waals surface area contributed by atoms with Gasteiger partial charge in [-0.05, 0) is 60.2 Å². The summed E-state index contributed by atoms with van der Waals surface area (Å²) < 4.78 is 7.31. The average Bonchev–Trinajstić information content (AvgIpc) is 3.36. The number of hydrogen-bond donors (Lipinski definition) is 2. The van der Waals surface area contributed by atoms with Crippen molar-refractivity contribution >= 4 is 31.3 Å². The van der Waals surface area contributed by atoms with Gasteiger partial charge in [0.05, 0.1) is 11.5 Å². The Kier molecular flexibility index (Phi) is 10.4. The molecule has 1 saturated carbocycles. The van der Waals surface area contributed by atoms with Gasteiger partial charge >= 0.3 is 5.97 Å². The van der Waals surface area contributed by atoms with Crippen LogP contribution in [0.15, 0.2) is 60.7 Å². The van der Waals surface area contributed by atoms with Crippen LogP contribution in [0.2, 0.25) is 0 Å². The van der Waals surface area contributed by atoms with Crippen LogP contribution in [0.5, 0.6) is 0 Å². The van der Waals surface area contributed by atoms with Gasteiger partial charge in [0, 0.05) is 13.0 Å². The highest BCUT2D eigenvalue weighted by atomic mass is 28.3. The monoisotopic (exact) mass is 537 g/mol. The van der Waals surface area contributed by atoms with Crippen molar-refractivity contribution in [2.24, 2.45) is 22.7 Å². The van der Waals surface area contributed by atoms with E-state index < -0.39 is 20.4 Å². The minimum atomic E-state index is -2.06. The molecule has 3 rings (SSSR count). The van der Waals surface area contributed by atoms with Gasteiger partial charge in [0.1, 0.15) is 0 Å². The van der Waals surface area contributed by atoms with Crippen molar-refractivity contribution in [2.75, 3.05) is 0 Å². The van der Waals surface area contributed by atoms with Crippen LogP contribution >= 0.6 is 0 Å². The molecule has 1 fully saturated rings. The van der Waals surface area contributed by atoms with Crippen LogP contribution in [0.1, 0.15) is 80.1 Å². The molecule has 0 spiro atoms. The molecule has 0 saturated heterocycles. The molecule has 0 aromatic heterocycles. The van der Waals surface area contributed by atoms with Crippen LogP contribution in [0.3, 0.4) is 0 Å². The number of carboxylic acid groups (broad SMARTS) is 1. The van der Waals surface area contributed by atoms with Crippen LogP contribution in [0.4, 0.5) is 0 Å². The van der Waals surface area contributed by atoms with E-state index in [0.717, 1.165) is 32.1 Å². The minimum Gasteiger partial charge on any atom is -0.481 e. The van der Waals surface area contributed by atoms with E-state index in [9.17, 15) is 14.7 Å². The van der Waals surface area contributed by atoms with E-state index in [2.05, 4.69) is 88.5 Å². The summed E-state index contributed by atoms with van der Waals surface area (Å²) in [4.78, 5) is 24.4. The first kappa shape index (κ1) is 30.1. The second-order valence-electron chi connectivity index (χ2n) is 12.5. The van der Waals surface area contributed by atoms with Crippen molar-refractivity contribution in [3.63, 3.8) is 0 Å². The molecule has 0 bridgehead atoms. The fourth-order valence-corrected chi connectivity index (χ4v) is 9.02. The lowest BCUT2D eigenvalue weighted by atomic mass is 9.69. The molecule has 38 heavy (non-hydrogen) atoms. The molecular formula is C32H47NO4Si. The van der Waals surface area contributed by atoms with Gasteiger partial charge in [0.15, 0.2) is 0 Å². The van der Waals surface area contributed by atoms with Gasteiger partial charge in [-0.25, -0.2) is 0 Å². The molecule has 2 aromatic carbocycles. The van der Waals surface area contributed by atoms with Crippen molar-refractivity contribution in [3.05, 3.63) is 60.7 Å². The summed E-state index contributed by atoms with van der Waals surface area (Å²) in [6.45, 7) is 12.5. The molecule has 208 valence electrons. The van der Waals surface area contributed by atoms with Gasteiger partial charge in [-0.15, -0.1) is 0 Å². The SMILES string of the molecule is CC(=O)NC(C)C(C)C(CCC1(C(=O)O)CCCC1)C(O[SiH](c1ccccc1)c1ccccc1)C(C)(C)C. The van der Waals surface area contributed by atoms with E-state index in [1.54, 1.807) is 6.92 Å². The summed E-state index contributed by atoms with van der Waals surface area (Å²) >= 11 is 0. The Morgan fingerprint density at radius 3 is 1.89 bits per heavy atom. The van der Waals surface area contributed by atoms with E-state index in [4.69, 9.17) is 4.43 Å². The first-order valence-electron chi connectivity index (χ1n) is 14.2. The highest BCUT2D eigenvalue weighted by Gasteiger charge is 2.45. The van der Waals surface area contributed by atoms with E-state index in [1.165, 1.54) is 10.4 Å². The van der Waals surface area contributed by atoms with E-state index in [-0.39, 0.29) is 35.3 Å². The van der Waals surface area contributed by atoms with E-state index in [1.807, 2.05) is 12.1 Å². The maximum atomic E-state index is 12.4. The Bertz CT molecular complexity index is 991. The predicted molar refractivity (Wildman–Crippen MR) is 157 cm³/mol. The van der Waals surface area contributed by atoms with Crippen molar-refractivity contribution in [2.45, 2.75) is 92.2 Å². The number of nitrogens with one attached hydrogen (secondary N) is 1. The van der Waals surface area contributed by atoms with Crippen LogP contribution in [0.25, 0.3) is 0 Å². The lowest BCUT2D eigenvalue weighted by Crippen LogP contribution is -2.54. The topological polar surface area (TPSA) is 75.6 Å². The van der Waals surface area contributed by atoms with E-state index >= 15 is 0 Å². The van der Waals surface area contributed by atoms with Gasteiger partial charge in [-0.3, -0.25) is 9.59 Å². The second-order valence-corrected chi connectivity index (χ2v) is 14.8. The molecule has 0 radical (unpaired) electrons. The zero-order chi connectivity index (χ0) is 27.9. The first-order chi connectivity index (χ1) is 17.9. The van der Waals surface area contributed by atoms with Crippen molar-refractivity contribution in [1.29, 1.82) is 0 Å². The van der Waals surface area contributed by atoms with Crippen LogP contribution in [-0.2, 0) is 14.0 Å². The zero-order valence-corrected chi connectivity index (χ0v) is 25.2. The number of carbonyl (C=O) groups excluding carboxylic acids is 1. The number of benzene rings is 2. The molecule has 5 nitrogen and oxygen atoms in total. The van der Waals surface area contributed by atoms with Gasteiger partial charge in [0.25, 0.3) is 0 Å². The summed E-state index contributed by atoms with van der Waals surface area (Å²) in [6, 6.07) is 21.0. The average molecular weight is 538 g/mol. The molecule has 4 unspecified atom stereocenters. The predicted octanol–water partition coefficient (Wildman–Crippen LogP) is 5.16. The highest BCUT2D eigenvalue weighted by Crippen LogP contribution is 2.46. The van der Waals surface area contributed by atoms with Crippen molar-refractivity contribution in [3.8, 4) is 0 Å². The van der Waals surface area contributed by atoms with Crippen LogP contribution in [0, 0.1) is 22.7 Å². The maximum Gasteiger partial charge on any atom is 0.309 e. The van der Waals surface area contributed by atoms with E-state index in [0.29, 0.717) is 6.42 Å². The number of amides is 1. The molecule has 2 aromatic rings. The lowest BCUT2D eigenvalue weighted by Gasteiger charge is -2.44. The van der Waals surface area contributed by atoms with Gasteiger partial charge < -0.3 is 14.8 Å². The molecule has 1 amide bonds. The summed E-state index contributed by atoms with van der Waals surface area (Å²) in [6.07, 6.45) is 4.73. The maximum absolute atomic E-state index is 12.4. The lowest BCUT2D eigenvalue weighted by molar-refractivity contribution is -0.149. The molecule has 2 N–H and O–H groups in total. The number of hydrogen-bond acceptors (Lipinski definition) is 3. The molecule has 6 heteroatoms. The third kappa shape index (κ3) is 7.57. The normalized spacial score (nSPS) is 18.5. The first-order valence-corrected chi connectivity index (χ1v) is 15.8. The number of rotatable bonds is 12. The molecule has 0 heterocycles. The highest BCUT2D eigenvalue weighted by molar-refractivity contribution is 6.80. The Hall–Kier alpha value is -2.44. The third-order valence-corrected chi connectivity index (χ3v) is 11.1. The molecule has 1 aliphatic rings. The minimum absolute atomic E-state index is 0.0463. The molecular weight excluding hydrogens is 490 g/mol. The van der Waals surface area contributed by atoms with Crippen LogP contribution < -0.4 is 15.7 Å². The largest absolute Gasteiger partial charge is 0.481 e. The summed E-state index contributed by atoms with van der Waals surface area (Å²) in [5, 5.41) is 15.8. The summed E-state index contributed by atoms with van der Waals surface area (Å²) in [5.74, 6) is -0.520. The van der Waals surface area contributed by atoms with Crippen LogP contribution in [-0.4, -0.2) is 38.2 Å². The molecule has 0 aliphatic heterocycles. The Balaban J connectivity index is 2.02. The second kappa shape index (κ2) is 13.1. The third-order valence-electron chi connectivity index (χ3n) is 8.60. The number of carboxylic acids is 1. The quantitative estimate of drug-likeness (QED) is 0.367. The molecule has 4 atom stereocenters. The summed E-state index contributed by atoms with van der Waals surface area (Å²) in [5.41, 5.74) is -0.830.